The Morgan fingerprint density at radius 2 is 1.79 bits per heavy atom. The number of aliphatic hydroxyl groups is 4. The molecule has 1 saturated heterocycles. The highest BCUT2D eigenvalue weighted by Crippen LogP contribution is 2.33. The predicted octanol–water partition coefficient (Wildman–Crippen LogP) is 0.972. The second-order valence-electron chi connectivity index (χ2n) is 6.53. The Hall–Kier alpha value is -2.20. The maximum atomic E-state index is 11.7. The average molecular weight is 425 g/mol. The number of hydrogen-bond donors (Lipinski definition) is 4. The summed E-state index contributed by atoms with van der Waals surface area (Å²) >= 11 is 6.30. The standard InChI is InChI=1S/C20H21ClO8/c1-27-19(26)12-4-2-3-10(7-12)11-5-6-14(13(21)8-11)28-20-18(25)17(24)16(23)15(9-22)29-20/h2-8,15-18,20,22-25H,9H2,1H3/t15-,16-,17-,18-,20+/m1/s1. The van der Waals surface area contributed by atoms with Gasteiger partial charge in [0, 0.05) is 0 Å². The molecule has 0 bridgehead atoms. The van der Waals surface area contributed by atoms with E-state index in [1.165, 1.54) is 7.11 Å². The molecule has 8 nitrogen and oxygen atoms in total. The van der Waals surface area contributed by atoms with Crippen LogP contribution in [-0.4, -0.2) is 70.8 Å². The van der Waals surface area contributed by atoms with Crippen molar-refractivity contribution in [1.29, 1.82) is 0 Å². The molecule has 0 radical (unpaired) electrons. The molecule has 0 unspecified atom stereocenters. The fourth-order valence-corrected chi connectivity index (χ4v) is 3.23. The zero-order valence-corrected chi connectivity index (χ0v) is 16.2. The van der Waals surface area contributed by atoms with Gasteiger partial charge in [-0.1, -0.05) is 29.8 Å². The summed E-state index contributed by atoms with van der Waals surface area (Å²) in [4.78, 5) is 11.7. The van der Waals surface area contributed by atoms with Crippen molar-refractivity contribution in [2.75, 3.05) is 13.7 Å². The van der Waals surface area contributed by atoms with Crippen LogP contribution >= 0.6 is 11.6 Å². The van der Waals surface area contributed by atoms with Gasteiger partial charge in [0.1, 0.15) is 30.2 Å². The third kappa shape index (κ3) is 4.53. The average Bonchev–Trinajstić information content (AvgIpc) is 2.74. The van der Waals surface area contributed by atoms with Crippen LogP contribution in [0.4, 0.5) is 0 Å². The van der Waals surface area contributed by atoms with Crippen LogP contribution in [0, 0.1) is 0 Å². The van der Waals surface area contributed by atoms with Gasteiger partial charge in [0.15, 0.2) is 0 Å². The van der Waals surface area contributed by atoms with E-state index in [2.05, 4.69) is 0 Å². The molecule has 2 aromatic carbocycles. The van der Waals surface area contributed by atoms with E-state index in [9.17, 15) is 25.2 Å². The third-order valence-corrected chi connectivity index (χ3v) is 4.94. The topological polar surface area (TPSA) is 126 Å². The Kier molecular flexibility index (Phi) is 6.74. The minimum atomic E-state index is -1.55. The molecule has 1 aliphatic rings. The van der Waals surface area contributed by atoms with Crippen LogP contribution < -0.4 is 4.74 Å². The lowest BCUT2D eigenvalue weighted by molar-refractivity contribution is -0.277. The van der Waals surface area contributed by atoms with Crippen molar-refractivity contribution in [2.24, 2.45) is 0 Å². The van der Waals surface area contributed by atoms with E-state index in [-0.39, 0.29) is 10.8 Å². The maximum Gasteiger partial charge on any atom is 0.337 e. The Morgan fingerprint density at radius 1 is 1.07 bits per heavy atom. The molecule has 0 spiro atoms. The summed E-state index contributed by atoms with van der Waals surface area (Å²) in [5, 5.41) is 39.2. The van der Waals surface area contributed by atoms with Gasteiger partial charge in [-0.2, -0.15) is 0 Å². The second-order valence-corrected chi connectivity index (χ2v) is 6.94. The van der Waals surface area contributed by atoms with Gasteiger partial charge >= 0.3 is 5.97 Å². The molecule has 0 aromatic heterocycles. The van der Waals surface area contributed by atoms with Gasteiger partial charge in [-0.3, -0.25) is 0 Å². The van der Waals surface area contributed by atoms with Gasteiger partial charge < -0.3 is 34.6 Å². The first-order chi connectivity index (χ1) is 13.8. The van der Waals surface area contributed by atoms with Crippen molar-refractivity contribution in [1.82, 2.24) is 0 Å². The van der Waals surface area contributed by atoms with Gasteiger partial charge in [-0.05, 0) is 35.4 Å². The van der Waals surface area contributed by atoms with Gasteiger partial charge in [0.2, 0.25) is 6.29 Å². The maximum absolute atomic E-state index is 11.7. The fraction of sp³-hybridized carbons (Fsp3) is 0.350. The van der Waals surface area contributed by atoms with Crippen molar-refractivity contribution in [3.63, 3.8) is 0 Å². The molecule has 3 rings (SSSR count). The van der Waals surface area contributed by atoms with E-state index in [0.29, 0.717) is 11.1 Å². The number of hydrogen-bond acceptors (Lipinski definition) is 8. The van der Waals surface area contributed by atoms with Crippen LogP contribution in [0.1, 0.15) is 10.4 Å². The summed E-state index contributed by atoms with van der Waals surface area (Å²) in [5.41, 5.74) is 1.83. The van der Waals surface area contributed by atoms with Gasteiger partial charge in [0.05, 0.1) is 24.3 Å². The summed E-state index contributed by atoms with van der Waals surface area (Å²) in [6.45, 7) is -0.561. The smallest absolute Gasteiger partial charge is 0.337 e. The van der Waals surface area contributed by atoms with Crippen molar-refractivity contribution >= 4 is 17.6 Å². The highest BCUT2D eigenvalue weighted by Gasteiger charge is 2.44. The molecule has 5 atom stereocenters. The van der Waals surface area contributed by atoms with Crippen LogP contribution in [0.15, 0.2) is 42.5 Å². The Balaban J connectivity index is 1.81. The van der Waals surface area contributed by atoms with Crippen LogP contribution in [0.5, 0.6) is 5.75 Å². The van der Waals surface area contributed by atoms with Gasteiger partial charge in [-0.15, -0.1) is 0 Å². The Bertz CT molecular complexity index is 871. The molecule has 0 aliphatic carbocycles. The highest BCUT2D eigenvalue weighted by molar-refractivity contribution is 6.32. The molecule has 9 heteroatoms. The summed E-state index contributed by atoms with van der Waals surface area (Å²) < 4.78 is 15.6. The number of methoxy groups -OCH3 is 1. The predicted molar refractivity (Wildman–Crippen MR) is 103 cm³/mol. The zero-order chi connectivity index (χ0) is 21.1. The minimum Gasteiger partial charge on any atom is -0.465 e. The van der Waals surface area contributed by atoms with E-state index in [0.717, 1.165) is 5.56 Å². The number of carbonyl (C=O) groups is 1. The molecular formula is C20H21ClO8. The van der Waals surface area contributed by atoms with E-state index in [1.807, 2.05) is 0 Å². The SMILES string of the molecule is COC(=O)c1cccc(-c2ccc(O[C@H]3O[C@H](CO)[C@@H](O)[C@@H](O)[C@H]3O)c(Cl)c2)c1. The summed E-state index contributed by atoms with van der Waals surface area (Å²) in [5.74, 6) is -0.288. The number of benzene rings is 2. The number of ether oxygens (including phenoxy) is 3. The molecule has 2 aromatic rings. The lowest BCUT2D eigenvalue weighted by Crippen LogP contribution is -2.60. The molecule has 1 heterocycles. The van der Waals surface area contributed by atoms with E-state index in [1.54, 1.807) is 42.5 Å². The number of rotatable bonds is 5. The quantitative estimate of drug-likeness (QED) is 0.523. The minimum absolute atomic E-state index is 0.170. The first-order valence-electron chi connectivity index (χ1n) is 8.81. The third-order valence-electron chi connectivity index (χ3n) is 4.64. The zero-order valence-electron chi connectivity index (χ0n) is 15.4. The van der Waals surface area contributed by atoms with Crippen LogP contribution in [0.25, 0.3) is 11.1 Å². The summed E-state index contributed by atoms with van der Waals surface area (Å²) in [7, 11) is 1.30. The fourth-order valence-electron chi connectivity index (χ4n) is 3.01. The molecule has 0 saturated carbocycles. The van der Waals surface area contributed by atoms with Crippen LogP contribution in [-0.2, 0) is 9.47 Å². The molecule has 29 heavy (non-hydrogen) atoms. The Morgan fingerprint density at radius 3 is 2.45 bits per heavy atom. The number of aliphatic hydroxyl groups excluding tert-OH is 4. The molecular weight excluding hydrogens is 404 g/mol. The molecule has 156 valence electrons. The van der Waals surface area contributed by atoms with Crippen molar-refractivity contribution in [3.8, 4) is 16.9 Å². The van der Waals surface area contributed by atoms with E-state index < -0.39 is 43.3 Å². The number of halogens is 1. The van der Waals surface area contributed by atoms with E-state index in [4.69, 9.17) is 25.8 Å². The Labute approximate surface area is 171 Å². The largest absolute Gasteiger partial charge is 0.465 e. The number of esters is 1. The van der Waals surface area contributed by atoms with Crippen molar-refractivity contribution in [3.05, 3.63) is 53.1 Å². The second kappa shape index (κ2) is 9.08. The van der Waals surface area contributed by atoms with Crippen LogP contribution in [0.3, 0.4) is 0 Å². The molecule has 1 fully saturated rings. The van der Waals surface area contributed by atoms with E-state index >= 15 is 0 Å². The van der Waals surface area contributed by atoms with Gasteiger partial charge in [-0.25, -0.2) is 4.79 Å². The summed E-state index contributed by atoms with van der Waals surface area (Å²) in [6, 6.07) is 11.7. The first kappa shape index (κ1) is 21.5. The lowest BCUT2D eigenvalue weighted by atomic mass is 9.99. The van der Waals surface area contributed by atoms with Crippen LogP contribution in [0.2, 0.25) is 5.02 Å². The molecule has 4 N–H and O–H groups in total. The molecule has 1 aliphatic heterocycles. The normalized spacial score (nSPS) is 26.8. The first-order valence-corrected chi connectivity index (χ1v) is 9.19. The number of carbonyl (C=O) groups excluding carboxylic acids is 1. The van der Waals surface area contributed by atoms with Crippen molar-refractivity contribution in [2.45, 2.75) is 30.7 Å². The van der Waals surface area contributed by atoms with Crippen molar-refractivity contribution < 1.29 is 39.4 Å². The monoisotopic (exact) mass is 424 g/mol. The summed E-state index contributed by atoms with van der Waals surface area (Å²) in [6.07, 6.45) is -6.99. The molecule has 0 amide bonds. The highest BCUT2D eigenvalue weighted by atomic mass is 35.5. The lowest BCUT2D eigenvalue weighted by Gasteiger charge is -2.39. The van der Waals surface area contributed by atoms with Gasteiger partial charge in [0.25, 0.3) is 0 Å².